The molecule has 8 heteroatoms. The Balaban J connectivity index is 2.47. The van der Waals surface area contributed by atoms with E-state index in [1.54, 1.807) is 0 Å². The molecule has 1 aromatic rings. The number of rotatable bonds is 3. The van der Waals surface area contributed by atoms with E-state index in [4.69, 9.17) is 10.5 Å². The number of benzene rings is 1. The van der Waals surface area contributed by atoms with Gasteiger partial charge in [0.05, 0.1) is 11.1 Å². The molecule has 0 spiro atoms. The third kappa shape index (κ3) is 3.05. The molecule has 5 nitrogen and oxygen atoms in total. The lowest BCUT2D eigenvalue weighted by Crippen LogP contribution is -2.42. The number of aliphatic carboxylic acids is 1. The molecule has 0 bridgehead atoms. The number of hydrogen-bond acceptors (Lipinski definition) is 4. The van der Waals surface area contributed by atoms with Gasteiger partial charge in [-0.25, -0.2) is 0 Å². The van der Waals surface area contributed by atoms with E-state index in [2.05, 4.69) is 4.74 Å². The van der Waals surface area contributed by atoms with Gasteiger partial charge in [0, 0.05) is 13.2 Å². The highest BCUT2D eigenvalue weighted by molar-refractivity contribution is 5.85. The van der Waals surface area contributed by atoms with Gasteiger partial charge < -0.3 is 20.3 Å². The fourth-order valence-corrected chi connectivity index (χ4v) is 2.49. The zero-order valence-electron chi connectivity index (χ0n) is 10.9. The van der Waals surface area contributed by atoms with Crippen LogP contribution >= 0.6 is 0 Å². The maximum absolute atomic E-state index is 12.3. The number of alkyl halides is 3. The van der Waals surface area contributed by atoms with Crippen molar-refractivity contribution >= 4 is 11.7 Å². The first-order valence-electron chi connectivity index (χ1n) is 6.22. The van der Waals surface area contributed by atoms with Crippen molar-refractivity contribution in [1.82, 2.24) is 0 Å². The zero-order chi connectivity index (χ0) is 15.7. The van der Waals surface area contributed by atoms with Crippen LogP contribution in [0, 0.1) is 0 Å². The zero-order valence-corrected chi connectivity index (χ0v) is 10.9. The average Bonchev–Trinajstić information content (AvgIpc) is 2.40. The highest BCUT2D eigenvalue weighted by Crippen LogP contribution is 2.42. The molecule has 21 heavy (non-hydrogen) atoms. The molecule has 2 rings (SSSR count). The van der Waals surface area contributed by atoms with E-state index in [9.17, 15) is 23.1 Å². The molecule has 1 aromatic carbocycles. The van der Waals surface area contributed by atoms with E-state index >= 15 is 0 Å². The first-order valence-corrected chi connectivity index (χ1v) is 6.22. The number of nitrogens with two attached hydrogens (primary N) is 1. The van der Waals surface area contributed by atoms with Crippen molar-refractivity contribution in [2.24, 2.45) is 0 Å². The van der Waals surface area contributed by atoms with E-state index in [1.807, 2.05) is 0 Å². The predicted molar refractivity (Wildman–Crippen MR) is 66.9 cm³/mol. The Morgan fingerprint density at radius 2 is 1.95 bits per heavy atom. The fraction of sp³-hybridized carbons (Fsp3) is 0.462. The quantitative estimate of drug-likeness (QED) is 0.837. The summed E-state index contributed by atoms with van der Waals surface area (Å²) in [4.78, 5) is 11.7. The number of ether oxygens (including phenoxy) is 2. The van der Waals surface area contributed by atoms with Gasteiger partial charge in [-0.15, -0.1) is 13.2 Å². The number of hydrogen-bond donors (Lipinski definition) is 2. The van der Waals surface area contributed by atoms with Gasteiger partial charge in [-0.3, -0.25) is 4.79 Å². The number of carboxylic acids is 1. The van der Waals surface area contributed by atoms with Crippen LogP contribution in [-0.4, -0.2) is 30.7 Å². The van der Waals surface area contributed by atoms with Gasteiger partial charge in [0.15, 0.2) is 5.75 Å². The average molecular weight is 305 g/mol. The minimum absolute atomic E-state index is 0.125. The Morgan fingerprint density at radius 1 is 1.33 bits per heavy atom. The number of carboxylic acid groups (broad SMARTS) is 1. The van der Waals surface area contributed by atoms with Crippen molar-refractivity contribution < 1.29 is 32.5 Å². The second-order valence-corrected chi connectivity index (χ2v) is 4.76. The normalized spacial score (nSPS) is 18.2. The molecule has 0 radical (unpaired) electrons. The summed E-state index contributed by atoms with van der Waals surface area (Å²) in [5.41, 5.74) is 4.18. The molecule has 1 aliphatic heterocycles. The highest BCUT2D eigenvalue weighted by atomic mass is 19.4. The maximum Gasteiger partial charge on any atom is 0.573 e. The summed E-state index contributed by atoms with van der Waals surface area (Å²) in [6.07, 6.45) is -4.61. The lowest BCUT2D eigenvalue weighted by molar-refractivity contribution is -0.274. The van der Waals surface area contributed by atoms with Gasteiger partial charge in [0.25, 0.3) is 0 Å². The molecular formula is C13H14F3NO4. The molecule has 0 aliphatic carbocycles. The topological polar surface area (TPSA) is 81.8 Å². The largest absolute Gasteiger partial charge is 0.573 e. The van der Waals surface area contributed by atoms with Crippen LogP contribution in [0.15, 0.2) is 18.2 Å². The number of nitrogen functional groups attached to an aromatic ring is 1. The first kappa shape index (κ1) is 15.4. The maximum atomic E-state index is 12.3. The van der Waals surface area contributed by atoms with Crippen molar-refractivity contribution in [2.75, 3.05) is 18.9 Å². The van der Waals surface area contributed by atoms with Gasteiger partial charge in [0.1, 0.15) is 0 Å². The monoisotopic (exact) mass is 305 g/mol. The van der Waals surface area contributed by atoms with Crippen LogP contribution in [0.1, 0.15) is 18.4 Å². The summed E-state index contributed by atoms with van der Waals surface area (Å²) in [6.45, 7) is 0.409. The summed E-state index contributed by atoms with van der Waals surface area (Å²) >= 11 is 0. The Morgan fingerprint density at radius 3 is 2.48 bits per heavy atom. The standard InChI is InChI=1S/C13H14F3NO4/c14-13(15,16)21-9-3-1-2-8(10(9)17)12(11(18)19)4-6-20-7-5-12/h1-3H,4-7,17H2,(H,18,19). The lowest BCUT2D eigenvalue weighted by atomic mass is 9.73. The molecule has 116 valence electrons. The van der Waals surface area contributed by atoms with Gasteiger partial charge in [-0.1, -0.05) is 12.1 Å². The third-order valence-electron chi connectivity index (χ3n) is 3.56. The molecule has 1 aliphatic rings. The van der Waals surface area contributed by atoms with Crippen LogP contribution in [0.3, 0.4) is 0 Å². The molecule has 1 saturated heterocycles. The van der Waals surface area contributed by atoms with Gasteiger partial charge in [-0.05, 0) is 24.5 Å². The smallest absolute Gasteiger partial charge is 0.481 e. The van der Waals surface area contributed by atoms with E-state index in [0.29, 0.717) is 0 Å². The minimum atomic E-state index is -4.89. The number of halogens is 3. The van der Waals surface area contributed by atoms with E-state index in [0.717, 1.165) is 6.07 Å². The van der Waals surface area contributed by atoms with Crippen molar-refractivity contribution in [1.29, 1.82) is 0 Å². The van der Waals surface area contributed by atoms with Crippen LogP contribution in [0.5, 0.6) is 5.75 Å². The van der Waals surface area contributed by atoms with Crippen LogP contribution in [0.25, 0.3) is 0 Å². The van der Waals surface area contributed by atoms with Crippen molar-refractivity contribution in [3.05, 3.63) is 23.8 Å². The summed E-state index contributed by atoms with van der Waals surface area (Å²) < 4.78 is 46.0. The molecule has 0 aromatic heterocycles. The van der Waals surface area contributed by atoms with E-state index in [-0.39, 0.29) is 37.3 Å². The summed E-state index contributed by atoms with van der Waals surface area (Å²) in [7, 11) is 0. The second kappa shape index (κ2) is 5.44. The Kier molecular flexibility index (Phi) is 3.99. The fourth-order valence-electron chi connectivity index (χ4n) is 2.49. The predicted octanol–water partition coefficient (Wildman–Crippen LogP) is 2.30. The first-order chi connectivity index (χ1) is 9.76. The molecule has 0 atom stereocenters. The van der Waals surface area contributed by atoms with Crippen molar-refractivity contribution in [2.45, 2.75) is 24.6 Å². The van der Waals surface area contributed by atoms with Crippen LogP contribution < -0.4 is 10.5 Å². The summed E-state index contributed by atoms with van der Waals surface area (Å²) in [6, 6.07) is 3.77. The lowest BCUT2D eigenvalue weighted by Gasteiger charge is -2.34. The number of carbonyl (C=O) groups is 1. The van der Waals surface area contributed by atoms with Crippen molar-refractivity contribution in [3.8, 4) is 5.75 Å². The Labute approximate surface area is 118 Å². The van der Waals surface area contributed by atoms with Crippen molar-refractivity contribution in [3.63, 3.8) is 0 Å². The molecular weight excluding hydrogens is 291 g/mol. The molecule has 0 amide bonds. The molecule has 1 fully saturated rings. The van der Waals surface area contributed by atoms with Gasteiger partial charge in [0.2, 0.25) is 0 Å². The molecule has 0 unspecified atom stereocenters. The SMILES string of the molecule is Nc1c(OC(F)(F)F)cccc1C1(C(=O)O)CCOCC1. The Hall–Kier alpha value is -1.96. The van der Waals surface area contributed by atoms with E-state index in [1.165, 1.54) is 12.1 Å². The van der Waals surface area contributed by atoms with Gasteiger partial charge in [-0.2, -0.15) is 0 Å². The molecule has 1 heterocycles. The number of anilines is 1. The second-order valence-electron chi connectivity index (χ2n) is 4.76. The number of para-hydroxylation sites is 1. The van der Waals surface area contributed by atoms with E-state index < -0.39 is 23.5 Å². The van der Waals surface area contributed by atoms with Crippen LogP contribution in [-0.2, 0) is 14.9 Å². The molecule has 3 N–H and O–H groups in total. The van der Waals surface area contributed by atoms with Crippen LogP contribution in [0.2, 0.25) is 0 Å². The minimum Gasteiger partial charge on any atom is -0.481 e. The van der Waals surface area contributed by atoms with Gasteiger partial charge >= 0.3 is 12.3 Å². The summed E-state index contributed by atoms with van der Waals surface area (Å²) in [5, 5.41) is 9.52. The Bertz CT molecular complexity index is 539. The molecule has 0 saturated carbocycles. The third-order valence-corrected chi connectivity index (χ3v) is 3.56. The summed E-state index contributed by atoms with van der Waals surface area (Å²) in [5.74, 6) is -1.73. The van der Waals surface area contributed by atoms with Crippen LogP contribution in [0.4, 0.5) is 18.9 Å². The highest BCUT2D eigenvalue weighted by Gasteiger charge is 2.44.